The zero-order valence-electron chi connectivity index (χ0n) is 6.91. The number of aliphatic hydroxyl groups excluding tert-OH is 2. The monoisotopic (exact) mass is 154 g/mol. The molecule has 2 heteroatoms. The third kappa shape index (κ3) is 5.27. The van der Waals surface area contributed by atoms with E-state index in [4.69, 9.17) is 10.2 Å². The number of allylic oxidation sites excluding steroid dienone is 4. The van der Waals surface area contributed by atoms with Crippen molar-refractivity contribution in [2.24, 2.45) is 0 Å². The average Bonchev–Trinajstić information content (AvgIpc) is 2.01. The van der Waals surface area contributed by atoms with Gasteiger partial charge in [0.2, 0.25) is 0 Å². The Kier molecular flexibility index (Phi) is 4.99. The van der Waals surface area contributed by atoms with E-state index in [0.29, 0.717) is 5.57 Å². The van der Waals surface area contributed by atoms with Gasteiger partial charge in [0.25, 0.3) is 0 Å². The van der Waals surface area contributed by atoms with Gasteiger partial charge in [0.15, 0.2) is 0 Å². The largest absolute Gasteiger partial charge is 0.515 e. The molecule has 0 aromatic heterocycles. The summed E-state index contributed by atoms with van der Waals surface area (Å²) >= 11 is 0. The zero-order valence-corrected chi connectivity index (χ0v) is 6.91. The Morgan fingerprint density at radius 1 is 1.36 bits per heavy atom. The van der Waals surface area contributed by atoms with Crippen molar-refractivity contribution in [2.45, 2.75) is 20.3 Å². The molecule has 2 N–H and O–H groups in total. The molecule has 0 saturated heterocycles. The lowest BCUT2D eigenvalue weighted by Crippen LogP contribution is -1.74. The Morgan fingerprint density at radius 3 is 2.45 bits per heavy atom. The van der Waals surface area contributed by atoms with Crippen LogP contribution in [-0.2, 0) is 0 Å². The van der Waals surface area contributed by atoms with E-state index in [2.05, 4.69) is 0 Å². The van der Waals surface area contributed by atoms with Gasteiger partial charge < -0.3 is 10.2 Å². The van der Waals surface area contributed by atoms with Gasteiger partial charge in [-0.1, -0.05) is 13.0 Å². The molecule has 0 amide bonds. The Labute approximate surface area is 67.2 Å². The summed E-state index contributed by atoms with van der Waals surface area (Å²) in [6, 6.07) is 0. The van der Waals surface area contributed by atoms with Crippen LogP contribution in [0.15, 0.2) is 35.8 Å². The lowest BCUT2D eigenvalue weighted by molar-refractivity contribution is 0.430. The lowest BCUT2D eigenvalue weighted by atomic mass is 10.3. The highest BCUT2D eigenvalue weighted by Gasteiger charge is 1.83. The summed E-state index contributed by atoms with van der Waals surface area (Å²) in [4.78, 5) is 0. The molecular weight excluding hydrogens is 140 g/mol. The SMILES string of the molecule is CC\C=C(O)/C=C\C(C)=C\O. The van der Waals surface area contributed by atoms with E-state index in [1.807, 2.05) is 6.92 Å². The fourth-order valence-electron chi connectivity index (χ4n) is 0.537. The summed E-state index contributed by atoms with van der Waals surface area (Å²) < 4.78 is 0. The lowest BCUT2D eigenvalue weighted by Gasteiger charge is -1.89. The van der Waals surface area contributed by atoms with Gasteiger partial charge in [-0.05, 0) is 31.1 Å². The van der Waals surface area contributed by atoms with Crippen LogP contribution in [0.1, 0.15) is 20.3 Å². The van der Waals surface area contributed by atoms with Gasteiger partial charge in [-0.15, -0.1) is 0 Å². The molecule has 0 unspecified atom stereocenters. The fourth-order valence-corrected chi connectivity index (χ4v) is 0.537. The number of hydrogen-bond donors (Lipinski definition) is 2. The molecular formula is C9H14O2. The van der Waals surface area contributed by atoms with Crippen molar-refractivity contribution >= 4 is 0 Å². The van der Waals surface area contributed by atoms with Crippen molar-refractivity contribution in [1.82, 2.24) is 0 Å². The molecule has 0 radical (unpaired) electrons. The summed E-state index contributed by atoms with van der Waals surface area (Å²) in [5, 5.41) is 17.5. The zero-order chi connectivity index (χ0) is 8.69. The van der Waals surface area contributed by atoms with Crippen molar-refractivity contribution < 1.29 is 10.2 Å². The number of rotatable bonds is 3. The van der Waals surface area contributed by atoms with Crippen LogP contribution < -0.4 is 0 Å². The molecule has 62 valence electrons. The molecule has 0 aliphatic carbocycles. The van der Waals surface area contributed by atoms with Crippen LogP contribution in [0.4, 0.5) is 0 Å². The van der Waals surface area contributed by atoms with Gasteiger partial charge in [0.05, 0.1) is 6.26 Å². The highest BCUT2D eigenvalue weighted by atomic mass is 16.3. The first-order valence-corrected chi connectivity index (χ1v) is 3.59. The third-order valence-corrected chi connectivity index (χ3v) is 1.13. The number of hydrogen-bond acceptors (Lipinski definition) is 2. The van der Waals surface area contributed by atoms with E-state index in [-0.39, 0.29) is 5.76 Å². The second kappa shape index (κ2) is 5.59. The molecule has 11 heavy (non-hydrogen) atoms. The van der Waals surface area contributed by atoms with Gasteiger partial charge in [-0.2, -0.15) is 0 Å². The maximum absolute atomic E-state index is 9.06. The Balaban J connectivity index is 4.03. The maximum atomic E-state index is 9.06. The van der Waals surface area contributed by atoms with Crippen LogP contribution in [-0.4, -0.2) is 10.2 Å². The van der Waals surface area contributed by atoms with Crippen LogP contribution in [0, 0.1) is 0 Å². The second-order valence-corrected chi connectivity index (χ2v) is 2.24. The van der Waals surface area contributed by atoms with Gasteiger partial charge in [-0.3, -0.25) is 0 Å². The fraction of sp³-hybridized carbons (Fsp3) is 0.333. The maximum Gasteiger partial charge on any atom is 0.111 e. The molecule has 0 fully saturated rings. The van der Waals surface area contributed by atoms with E-state index in [0.717, 1.165) is 12.7 Å². The van der Waals surface area contributed by atoms with Crippen molar-refractivity contribution in [3.8, 4) is 0 Å². The highest BCUT2D eigenvalue weighted by Crippen LogP contribution is 1.98. The van der Waals surface area contributed by atoms with Crippen LogP contribution in [0.25, 0.3) is 0 Å². The van der Waals surface area contributed by atoms with E-state index in [9.17, 15) is 0 Å². The quantitative estimate of drug-likeness (QED) is 0.484. The van der Waals surface area contributed by atoms with E-state index in [1.165, 1.54) is 0 Å². The molecule has 0 bridgehead atoms. The minimum Gasteiger partial charge on any atom is -0.515 e. The van der Waals surface area contributed by atoms with Gasteiger partial charge >= 0.3 is 0 Å². The predicted molar refractivity (Wildman–Crippen MR) is 46.5 cm³/mol. The average molecular weight is 154 g/mol. The minimum absolute atomic E-state index is 0.230. The summed E-state index contributed by atoms with van der Waals surface area (Å²) in [7, 11) is 0. The molecule has 2 nitrogen and oxygen atoms in total. The summed E-state index contributed by atoms with van der Waals surface area (Å²) in [5.74, 6) is 0.230. The molecule has 0 aliphatic heterocycles. The van der Waals surface area contributed by atoms with Gasteiger partial charge in [-0.25, -0.2) is 0 Å². The van der Waals surface area contributed by atoms with Gasteiger partial charge in [0.1, 0.15) is 5.76 Å². The molecule has 0 rings (SSSR count). The number of aliphatic hydroxyl groups is 2. The molecule has 0 atom stereocenters. The first-order valence-electron chi connectivity index (χ1n) is 3.59. The molecule has 0 aromatic rings. The Hall–Kier alpha value is -1.18. The van der Waals surface area contributed by atoms with Crippen molar-refractivity contribution in [3.63, 3.8) is 0 Å². The van der Waals surface area contributed by atoms with Crippen LogP contribution >= 0.6 is 0 Å². The van der Waals surface area contributed by atoms with E-state index < -0.39 is 0 Å². The van der Waals surface area contributed by atoms with E-state index in [1.54, 1.807) is 25.2 Å². The predicted octanol–water partition coefficient (Wildman–Crippen LogP) is 2.86. The van der Waals surface area contributed by atoms with Crippen molar-refractivity contribution in [1.29, 1.82) is 0 Å². The smallest absolute Gasteiger partial charge is 0.111 e. The van der Waals surface area contributed by atoms with Crippen LogP contribution in [0.2, 0.25) is 0 Å². The first-order chi connectivity index (χ1) is 5.20. The Morgan fingerprint density at radius 2 is 2.00 bits per heavy atom. The molecule has 0 spiro atoms. The third-order valence-electron chi connectivity index (χ3n) is 1.13. The second-order valence-electron chi connectivity index (χ2n) is 2.24. The summed E-state index contributed by atoms with van der Waals surface area (Å²) in [6.45, 7) is 3.69. The molecule has 0 aliphatic rings. The molecule has 0 heterocycles. The topological polar surface area (TPSA) is 40.5 Å². The van der Waals surface area contributed by atoms with Gasteiger partial charge in [0, 0.05) is 0 Å². The highest BCUT2D eigenvalue weighted by molar-refractivity contribution is 5.21. The molecule has 0 aromatic carbocycles. The first kappa shape index (κ1) is 9.82. The normalized spacial score (nSPS) is 14.4. The van der Waals surface area contributed by atoms with Crippen LogP contribution in [0.3, 0.4) is 0 Å². The van der Waals surface area contributed by atoms with Crippen LogP contribution in [0.5, 0.6) is 0 Å². The van der Waals surface area contributed by atoms with E-state index >= 15 is 0 Å². The minimum atomic E-state index is 0.230. The van der Waals surface area contributed by atoms with Crippen molar-refractivity contribution in [3.05, 3.63) is 35.8 Å². The van der Waals surface area contributed by atoms with Crippen molar-refractivity contribution in [2.75, 3.05) is 0 Å². The summed E-state index contributed by atoms with van der Waals surface area (Å²) in [6.07, 6.45) is 6.68. The molecule has 0 saturated carbocycles. The Bertz CT molecular complexity index is 188. The summed E-state index contributed by atoms with van der Waals surface area (Å²) in [5.41, 5.74) is 0.709. The standard InChI is InChI=1S/C9H14O2/c1-3-4-9(11)6-5-8(2)7-10/h4-7,10-11H,3H2,1-2H3/b6-5-,8-7+,9-4+.